The van der Waals surface area contributed by atoms with E-state index in [9.17, 15) is 5.26 Å². The lowest BCUT2D eigenvalue weighted by Crippen LogP contribution is -2.09. The number of thiazole rings is 2. The van der Waals surface area contributed by atoms with Crippen LogP contribution in [0.4, 0.5) is 17.1 Å². The molecule has 6 heteroatoms. The Kier molecular flexibility index (Phi) is 6.56. The van der Waals surface area contributed by atoms with Crippen molar-refractivity contribution in [1.29, 1.82) is 5.26 Å². The summed E-state index contributed by atoms with van der Waals surface area (Å²) in [5.74, 6) is 0.530. The van der Waals surface area contributed by atoms with Gasteiger partial charge in [0.1, 0.15) is 10.0 Å². The van der Waals surface area contributed by atoms with Gasteiger partial charge in [0.15, 0.2) is 0 Å². The second kappa shape index (κ2) is 10.9. The van der Waals surface area contributed by atoms with E-state index in [4.69, 9.17) is 9.97 Å². The smallest absolute Gasteiger partial charge is 0.124 e. The van der Waals surface area contributed by atoms with Crippen LogP contribution in [0.15, 0.2) is 115 Å². The Morgan fingerprint density at radius 1 is 0.727 bits per heavy atom. The van der Waals surface area contributed by atoms with Gasteiger partial charge < -0.3 is 4.90 Å². The van der Waals surface area contributed by atoms with Crippen molar-refractivity contribution in [1.82, 2.24) is 9.97 Å². The number of hydrogen-bond acceptors (Lipinski definition) is 6. The summed E-state index contributed by atoms with van der Waals surface area (Å²) in [7, 11) is 0. The largest absolute Gasteiger partial charge is 0.310 e. The van der Waals surface area contributed by atoms with Crippen LogP contribution in [-0.2, 0) is 6.42 Å². The topological polar surface area (TPSA) is 52.8 Å². The first kappa shape index (κ1) is 26.5. The van der Waals surface area contributed by atoms with E-state index < -0.39 is 0 Å². The summed E-state index contributed by atoms with van der Waals surface area (Å²) in [6.07, 6.45) is 5.50. The predicted molar refractivity (Wildman–Crippen MR) is 185 cm³/mol. The maximum atomic E-state index is 9.38. The van der Waals surface area contributed by atoms with Gasteiger partial charge in [0.05, 0.1) is 32.4 Å². The van der Waals surface area contributed by atoms with Gasteiger partial charge in [-0.25, -0.2) is 9.97 Å². The second-order valence-corrected chi connectivity index (χ2v) is 13.2. The van der Waals surface area contributed by atoms with E-state index in [1.807, 2.05) is 24.3 Å². The van der Waals surface area contributed by atoms with E-state index >= 15 is 0 Å². The molecule has 2 heterocycles. The molecule has 8 rings (SSSR count). The Morgan fingerprint density at radius 3 is 2.11 bits per heavy atom. The molecule has 210 valence electrons. The van der Waals surface area contributed by atoms with Crippen molar-refractivity contribution in [2.24, 2.45) is 5.92 Å². The number of rotatable bonds is 5. The average molecular weight is 603 g/mol. The molecule has 0 aliphatic heterocycles. The molecule has 0 saturated carbocycles. The highest BCUT2D eigenvalue weighted by atomic mass is 32.1. The monoisotopic (exact) mass is 602 g/mol. The summed E-state index contributed by atoms with van der Waals surface area (Å²) in [6, 6.07) is 40.1. The fraction of sp³-hybridized carbons (Fsp3) is 0.0789. The van der Waals surface area contributed by atoms with Gasteiger partial charge in [-0.2, -0.15) is 5.26 Å². The Bertz CT molecular complexity index is 2200. The zero-order valence-corrected chi connectivity index (χ0v) is 25.6. The third-order valence-corrected chi connectivity index (χ3v) is 10.3. The van der Waals surface area contributed by atoms with Crippen molar-refractivity contribution in [2.45, 2.75) is 13.3 Å². The third kappa shape index (κ3) is 4.87. The molecule has 0 radical (unpaired) electrons. The molecule has 0 spiro atoms. The zero-order chi connectivity index (χ0) is 29.6. The molecule has 1 aliphatic carbocycles. The van der Waals surface area contributed by atoms with Gasteiger partial charge in [0.2, 0.25) is 0 Å². The maximum absolute atomic E-state index is 9.38. The molecule has 4 nitrogen and oxygen atoms in total. The average Bonchev–Trinajstić information content (AvgIpc) is 3.70. The summed E-state index contributed by atoms with van der Waals surface area (Å²) in [4.78, 5) is 13.4. The molecule has 44 heavy (non-hydrogen) atoms. The number of anilines is 3. The summed E-state index contributed by atoms with van der Waals surface area (Å²) in [6.45, 7) is 2.24. The van der Waals surface area contributed by atoms with Gasteiger partial charge in [-0.15, -0.1) is 22.7 Å². The number of allylic oxidation sites excluding steroid dienone is 1. The summed E-state index contributed by atoms with van der Waals surface area (Å²) in [5, 5.41) is 13.6. The normalized spacial score (nSPS) is 14.0. The quantitative estimate of drug-likeness (QED) is 0.197. The number of nitrogens with zero attached hydrogens (tertiary/aromatic N) is 4. The SMILES string of the molecule is CC1C=Cc2sc(-c3ccc(N(c4ccc(-c5nc6ccccc6s5)cc4)c4ccc5cc(C#N)ccc5c4)cc3)nc2C1. The van der Waals surface area contributed by atoms with Crippen LogP contribution in [0, 0.1) is 17.2 Å². The van der Waals surface area contributed by atoms with Crippen LogP contribution in [0.2, 0.25) is 0 Å². The van der Waals surface area contributed by atoms with Crippen LogP contribution in [0.5, 0.6) is 0 Å². The van der Waals surface area contributed by atoms with Gasteiger partial charge in [0.25, 0.3) is 0 Å². The Balaban J connectivity index is 1.18. The standard InChI is InChI=1S/C38H26N4S2/c1-24-6-19-36-34(20-24)41-38(44-36)27-11-16-31(17-12-27)42(32-18-13-28-21-25(23-39)7-8-29(28)22-32)30-14-9-26(10-15-30)37-40-33-4-2-3-5-35(33)43-37/h2-19,21-22,24H,20H2,1H3. The molecule has 0 amide bonds. The second-order valence-electron chi connectivity index (χ2n) is 11.1. The van der Waals surface area contributed by atoms with Crippen molar-refractivity contribution in [2.75, 3.05) is 4.90 Å². The third-order valence-electron chi connectivity index (χ3n) is 8.07. The molecule has 0 saturated heterocycles. The van der Waals surface area contributed by atoms with Gasteiger partial charge in [-0.3, -0.25) is 0 Å². The molecule has 7 aromatic rings. The van der Waals surface area contributed by atoms with E-state index in [-0.39, 0.29) is 0 Å². The minimum absolute atomic E-state index is 0.530. The van der Waals surface area contributed by atoms with Gasteiger partial charge in [-0.05, 0) is 114 Å². The maximum Gasteiger partial charge on any atom is 0.124 e. The van der Waals surface area contributed by atoms with Crippen molar-refractivity contribution in [3.05, 3.63) is 131 Å². The fourth-order valence-corrected chi connectivity index (χ4v) is 7.76. The molecule has 1 atom stereocenters. The van der Waals surface area contributed by atoms with Crippen molar-refractivity contribution in [3.8, 4) is 27.2 Å². The van der Waals surface area contributed by atoms with Crippen LogP contribution < -0.4 is 4.90 Å². The first-order valence-corrected chi connectivity index (χ1v) is 16.2. The Hall–Kier alpha value is -5.09. The highest BCUT2D eigenvalue weighted by Gasteiger charge is 2.18. The van der Waals surface area contributed by atoms with Crippen LogP contribution in [0.3, 0.4) is 0 Å². The molecule has 2 aromatic heterocycles. The predicted octanol–water partition coefficient (Wildman–Crippen LogP) is 10.8. The fourth-order valence-electron chi connectivity index (χ4n) is 5.78. The number of nitriles is 1. The minimum atomic E-state index is 0.530. The van der Waals surface area contributed by atoms with E-state index in [1.54, 1.807) is 22.7 Å². The van der Waals surface area contributed by atoms with Gasteiger partial charge in [0, 0.05) is 28.2 Å². The Morgan fingerprint density at radius 2 is 1.39 bits per heavy atom. The van der Waals surface area contributed by atoms with Gasteiger partial charge >= 0.3 is 0 Å². The molecule has 0 fully saturated rings. The lowest BCUT2D eigenvalue weighted by molar-refractivity contribution is 0.705. The summed E-state index contributed by atoms with van der Waals surface area (Å²) < 4.78 is 1.19. The molecular formula is C38H26N4S2. The first-order chi connectivity index (χ1) is 21.6. The molecule has 0 bridgehead atoms. The molecular weight excluding hydrogens is 577 g/mol. The van der Waals surface area contributed by atoms with Gasteiger partial charge in [-0.1, -0.05) is 37.3 Å². The molecule has 0 N–H and O–H groups in total. The molecule has 1 aliphatic rings. The molecule has 5 aromatic carbocycles. The minimum Gasteiger partial charge on any atom is -0.310 e. The lowest BCUT2D eigenvalue weighted by Gasteiger charge is -2.26. The number of aromatic nitrogens is 2. The highest BCUT2D eigenvalue weighted by Crippen LogP contribution is 2.40. The Labute approximate surface area is 263 Å². The zero-order valence-electron chi connectivity index (χ0n) is 23.9. The van der Waals surface area contributed by atoms with Crippen LogP contribution >= 0.6 is 22.7 Å². The summed E-state index contributed by atoms with van der Waals surface area (Å²) in [5.41, 5.74) is 8.29. The number of hydrogen-bond donors (Lipinski definition) is 0. The highest BCUT2D eigenvalue weighted by molar-refractivity contribution is 7.21. The van der Waals surface area contributed by atoms with Crippen LogP contribution in [0.25, 0.3) is 48.2 Å². The van der Waals surface area contributed by atoms with Crippen molar-refractivity contribution < 1.29 is 0 Å². The number of para-hydroxylation sites is 1. The van der Waals surface area contributed by atoms with Crippen molar-refractivity contribution >= 4 is 66.8 Å². The van der Waals surface area contributed by atoms with Crippen LogP contribution in [0.1, 0.15) is 23.1 Å². The molecule has 1 unspecified atom stereocenters. The van der Waals surface area contributed by atoms with E-state index in [1.165, 1.54) is 15.3 Å². The van der Waals surface area contributed by atoms with E-state index in [0.717, 1.165) is 60.9 Å². The van der Waals surface area contributed by atoms with Crippen LogP contribution in [-0.4, -0.2) is 9.97 Å². The number of benzene rings is 5. The lowest BCUT2D eigenvalue weighted by atomic mass is 10.00. The van der Waals surface area contributed by atoms with E-state index in [0.29, 0.717) is 11.5 Å². The van der Waals surface area contributed by atoms with E-state index in [2.05, 4.69) is 115 Å². The van der Waals surface area contributed by atoms with Crippen molar-refractivity contribution in [3.63, 3.8) is 0 Å². The first-order valence-electron chi connectivity index (χ1n) is 14.6. The summed E-state index contributed by atoms with van der Waals surface area (Å²) >= 11 is 3.48. The number of fused-ring (bicyclic) bond motifs is 3.